The Morgan fingerprint density at radius 3 is 2.78 bits per heavy atom. The summed E-state index contributed by atoms with van der Waals surface area (Å²) in [5.41, 5.74) is 1.66. The highest BCUT2D eigenvalue weighted by Crippen LogP contribution is 2.21. The molecule has 0 unspecified atom stereocenters. The number of likely N-dealkylation sites (tertiary alicyclic amines) is 1. The molecule has 7 nitrogen and oxygen atoms in total. The number of carbonyl (C=O) groups excluding carboxylic acids is 1. The van der Waals surface area contributed by atoms with Crippen LogP contribution >= 0.6 is 0 Å². The Morgan fingerprint density at radius 1 is 1.35 bits per heavy atom. The molecule has 0 radical (unpaired) electrons. The van der Waals surface area contributed by atoms with Crippen molar-refractivity contribution < 1.29 is 9.90 Å². The summed E-state index contributed by atoms with van der Waals surface area (Å²) in [5.74, 6) is 0.777. The molecule has 1 aromatic carbocycles. The highest BCUT2D eigenvalue weighted by Gasteiger charge is 2.25. The molecule has 1 fully saturated rings. The van der Waals surface area contributed by atoms with Gasteiger partial charge in [-0.2, -0.15) is 0 Å². The summed E-state index contributed by atoms with van der Waals surface area (Å²) in [4.78, 5) is 14.1. The Kier molecular flexibility index (Phi) is 4.57. The number of amides is 2. The first-order valence-corrected chi connectivity index (χ1v) is 7.82. The molecule has 7 heteroatoms. The molecule has 1 aliphatic heterocycles. The van der Waals surface area contributed by atoms with Crippen LogP contribution in [-0.2, 0) is 7.05 Å². The number of urea groups is 1. The summed E-state index contributed by atoms with van der Waals surface area (Å²) in [6.07, 6.45) is 4.54. The van der Waals surface area contributed by atoms with Gasteiger partial charge in [-0.3, -0.25) is 0 Å². The van der Waals surface area contributed by atoms with Crippen molar-refractivity contribution in [3.8, 4) is 11.4 Å². The van der Waals surface area contributed by atoms with Gasteiger partial charge in [-0.1, -0.05) is 0 Å². The Hall–Kier alpha value is -2.41. The fourth-order valence-corrected chi connectivity index (χ4v) is 2.90. The lowest BCUT2D eigenvalue weighted by atomic mass is 10.0. The molecule has 1 aromatic heterocycles. The number of rotatable bonds is 3. The Labute approximate surface area is 134 Å². The maximum atomic E-state index is 12.4. The number of nitrogens with zero attached hydrogens (tertiary/aromatic N) is 4. The van der Waals surface area contributed by atoms with Crippen molar-refractivity contribution in [3.63, 3.8) is 0 Å². The summed E-state index contributed by atoms with van der Waals surface area (Å²) in [6, 6.07) is 7.26. The average Bonchev–Trinajstić information content (AvgIpc) is 3.01. The highest BCUT2D eigenvalue weighted by atomic mass is 16.3. The van der Waals surface area contributed by atoms with Crippen LogP contribution in [0.3, 0.4) is 0 Å². The maximum Gasteiger partial charge on any atom is 0.322 e. The molecular formula is C16H21N5O2. The van der Waals surface area contributed by atoms with E-state index in [9.17, 15) is 9.90 Å². The summed E-state index contributed by atoms with van der Waals surface area (Å²) in [5, 5.41) is 20.2. The van der Waals surface area contributed by atoms with E-state index in [1.807, 2.05) is 35.9 Å². The number of nitrogens with one attached hydrogen (secondary N) is 1. The Morgan fingerprint density at radius 2 is 2.13 bits per heavy atom. The molecule has 0 aliphatic carbocycles. The molecule has 2 aromatic rings. The molecule has 2 heterocycles. The Balaban J connectivity index is 1.68. The van der Waals surface area contributed by atoms with Crippen LogP contribution in [0.25, 0.3) is 11.4 Å². The smallest absolute Gasteiger partial charge is 0.322 e. The lowest BCUT2D eigenvalue weighted by molar-refractivity contribution is 0.115. The number of hydrogen-bond donors (Lipinski definition) is 2. The molecule has 3 rings (SSSR count). The maximum absolute atomic E-state index is 12.4. The number of benzene rings is 1. The van der Waals surface area contributed by atoms with E-state index in [0.29, 0.717) is 6.54 Å². The van der Waals surface area contributed by atoms with Crippen LogP contribution in [0, 0.1) is 0 Å². The lowest BCUT2D eigenvalue weighted by Crippen LogP contribution is -2.47. The predicted molar refractivity (Wildman–Crippen MR) is 86.9 cm³/mol. The molecule has 23 heavy (non-hydrogen) atoms. The second-order valence-corrected chi connectivity index (χ2v) is 5.80. The molecule has 122 valence electrons. The van der Waals surface area contributed by atoms with Crippen LogP contribution in [0.15, 0.2) is 30.6 Å². The van der Waals surface area contributed by atoms with Gasteiger partial charge >= 0.3 is 6.03 Å². The van der Waals surface area contributed by atoms with Gasteiger partial charge in [-0.05, 0) is 43.5 Å². The lowest BCUT2D eigenvalue weighted by Gasteiger charge is -2.34. The number of carbonyl (C=O) groups is 1. The van der Waals surface area contributed by atoms with E-state index >= 15 is 0 Å². The van der Waals surface area contributed by atoms with Gasteiger partial charge in [0.05, 0.1) is 12.6 Å². The molecule has 2 N–H and O–H groups in total. The monoisotopic (exact) mass is 315 g/mol. The molecular weight excluding hydrogens is 294 g/mol. The van der Waals surface area contributed by atoms with Crippen molar-refractivity contribution >= 4 is 11.7 Å². The second kappa shape index (κ2) is 6.78. The largest absolute Gasteiger partial charge is 0.394 e. The number of hydrogen-bond acceptors (Lipinski definition) is 4. The molecule has 1 atom stereocenters. The van der Waals surface area contributed by atoms with E-state index in [2.05, 4.69) is 15.5 Å². The van der Waals surface area contributed by atoms with Crippen molar-refractivity contribution in [2.45, 2.75) is 25.3 Å². The first-order valence-electron chi connectivity index (χ1n) is 7.82. The van der Waals surface area contributed by atoms with Crippen LogP contribution in [-0.4, -0.2) is 50.0 Å². The van der Waals surface area contributed by atoms with Gasteiger partial charge in [0.1, 0.15) is 6.33 Å². The third-order valence-electron chi connectivity index (χ3n) is 4.20. The number of aryl methyl sites for hydroxylation is 1. The van der Waals surface area contributed by atoms with Crippen LogP contribution in [0.1, 0.15) is 19.3 Å². The second-order valence-electron chi connectivity index (χ2n) is 5.80. The predicted octanol–water partition coefficient (Wildman–Crippen LogP) is 1.86. The number of aliphatic hydroxyl groups is 1. The zero-order valence-electron chi connectivity index (χ0n) is 13.1. The third-order valence-corrected chi connectivity index (χ3v) is 4.20. The van der Waals surface area contributed by atoms with Crippen molar-refractivity contribution in [1.29, 1.82) is 0 Å². The summed E-state index contributed by atoms with van der Waals surface area (Å²) in [7, 11) is 1.89. The number of aliphatic hydroxyl groups excluding tert-OH is 1. The van der Waals surface area contributed by atoms with Crippen LogP contribution in [0.4, 0.5) is 10.5 Å². The highest BCUT2D eigenvalue weighted by molar-refractivity contribution is 5.89. The standard InChI is InChI=1S/C16H21N5O2/c1-20-11-17-19-15(20)12-5-7-13(8-6-12)18-16(23)21-9-3-2-4-14(21)10-22/h5-8,11,14,22H,2-4,9-10H2,1H3,(H,18,23)/t14-/m0/s1. The molecule has 0 saturated carbocycles. The van der Waals surface area contributed by atoms with Crippen LogP contribution < -0.4 is 5.32 Å². The number of piperidine rings is 1. The van der Waals surface area contributed by atoms with E-state index in [1.165, 1.54) is 0 Å². The molecule has 1 saturated heterocycles. The van der Waals surface area contributed by atoms with Crippen molar-refractivity contribution in [3.05, 3.63) is 30.6 Å². The number of anilines is 1. The molecule has 2 amide bonds. The quantitative estimate of drug-likeness (QED) is 0.905. The average molecular weight is 315 g/mol. The number of aromatic nitrogens is 3. The van der Waals surface area contributed by atoms with Gasteiger partial charge in [0, 0.05) is 24.8 Å². The zero-order valence-corrected chi connectivity index (χ0v) is 13.1. The van der Waals surface area contributed by atoms with Gasteiger partial charge in [0.25, 0.3) is 0 Å². The fraction of sp³-hybridized carbons (Fsp3) is 0.438. The van der Waals surface area contributed by atoms with Gasteiger partial charge in [0.2, 0.25) is 0 Å². The van der Waals surface area contributed by atoms with Gasteiger partial charge < -0.3 is 19.9 Å². The van der Waals surface area contributed by atoms with Crippen LogP contribution in [0.5, 0.6) is 0 Å². The molecule has 1 aliphatic rings. The minimum absolute atomic E-state index is 0.0124. The minimum atomic E-state index is -0.157. The van der Waals surface area contributed by atoms with E-state index in [0.717, 1.165) is 36.3 Å². The van der Waals surface area contributed by atoms with Crippen molar-refractivity contribution in [2.24, 2.45) is 7.05 Å². The topological polar surface area (TPSA) is 83.3 Å². The summed E-state index contributed by atoms with van der Waals surface area (Å²) >= 11 is 0. The molecule has 0 spiro atoms. The molecule has 0 bridgehead atoms. The Bertz CT molecular complexity index is 667. The summed E-state index contributed by atoms with van der Waals surface area (Å²) < 4.78 is 1.84. The first-order chi connectivity index (χ1) is 11.2. The SMILES string of the molecule is Cn1cnnc1-c1ccc(NC(=O)N2CCCC[C@H]2CO)cc1. The minimum Gasteiger partial charge on any atom is -0.394 e. The van der Waals surface area contributed by atoms with Crippen LogP contribution in [0.2, 0.25) is 0 Å². The van der Waals surface area contributed by atoms with E-state index in [4.69, 9.17) is 0 Å². The van der Waals surface area contributed by atoms with Gasteiger partial charge in [-0.15, -0.1) is 10.2 Å². The van der Waals surface area contributed by atoms with E-state index < -0.39 is 0 Å². The van der Waals surface area contributed by atoms with E-state index in [-0.39, 0.29) is 18.7 Å². The normalized spacial score (nSPS) is 18.0. The van der Waals surface area contributed by atoms with Crippen molar-refractivity contribution in [2.75, 3.05) is 18.5 Å². The zero-order chi connectivity index (χ0) is 16.2. The summed E-state index contributed by atoms with van der Waals surface area (Å²) in [6.45, 7) is 0.701. The van der Waals surface area contributed by atoms with Gasteiger partial charge in [0.15, 0.2) is 5.82 Å². The first kappa shape index (κ1) is 15.5. The fourth-order valence-electron chi connectivity index (χ4n) is 2.90. The van der Waals surface area contributed by atoms with Gasteiger partial charge in [-0.25, -0.2) is 4.79 Å². The van der Waals surface area contributed by atoms with E-state index in [1.54, 1.807) is 11.2 Å². The van der Waals surface area contributed by atoms with Crippen molar-refractivity contribution in [1.82, 2.24) is 19.7 Å². The third kappa shape index (κ3) is 3.34.